The summed E-state index contributed by atoms with van der Waals surface area (Å²) >= 11 is 0. The monoisotopic (exact) mass is 798 g/mol. The zero-order valence-electron chi connectivity index (χ0n) is 34.0. The first-order valence-corrected chi connectivity index (χ1v) is 21.1. The standard InChI is InChI=1S/C42H70O14/c1-20(18-53-36-33(51)31(49)29(47)24(16-43)54-36)8-7-9-21(2)28-23(46)15-40(6)26-14-22(45)35-38(3,4)27(56-37-34(52)32(50)30(48)25(17-44)55-37)10-11-42(35)19-41(26,42)13-12-39(28,40)5/h8,21-37,43-52H,7,9-19H2,1-6H3. The van der Waals surface area contributed by atoms with Gasteiger partial charge in [0.1, 0.15) is 48.8 Å². The van der Waals surface area contributed by atoms with E-state index in [1.807, 2.05) is 6.92 Å². The highest BCUT2D eigenvalue weighted by atomic mass is 16.7. The molecular weight excluding hydrogens is 728 g/mol. The van der Waals surface area contributed by atoms with E-state index in [0.717, 1.165) is 44.1 Å². The molecule has 5 saturated carbocycles. The summed E-state index contributed by atoms with van der Waals surface area (Å²) in [5, 5.41) is 105. The molecule has 0 bridgehead atoms. The Morgan fingerprint density at radius 3 is 1.98 bits per heavy atom. The molecule has 10 N–H and O–H groups in total. The van der Waals surface area contributed by atoms with Gasteiger partial charge in [0, 0.05) is 0 Å². The van der Waals surface area contributed by atoms with Crippen LogP contribution in [0.15, 0.2) is 11.6 Å². The number of rotatable bonds is 11. The molecule has 0 amide bonds. The van der Waals surface area contributed by atoms with Crippen LogP contribution in [0.3, 0.4) is 0 Å². The smallest absolute Gasteiger partial charge is 0.187 e. The number of fused-ring (bicyclic) bond motifs is 2. The number of hydrogen-bond donors (Lipinski definition) is 10. The largest absolute Gasteiger partial charge is 0.394 e. The number of aliphatic hydroxyl groups excluding tert-OH is 10. The summed E-state index contributed by atoms with van der Waals surface area (Å²) in [5.41, 5.74) is 0.129. The Labute approximate surface area is 330 Å². The van der Waals surface area contributed by atoms with Crippen LogP contribution in [0, 0.1) is 50.7 Å². The number of allylic oxidation sites excluding steroid dienone is 1. The maximum atomic E-state index is 12.2. The van der Waals surface area contributed by atoms with E-state index in [2.05, 4.69) is 40.7 Å². The van der Waals surface area contributed by atoms with E-state index in [9.17, 15) is 51.1 Å². The predicted molar refractivity (Wildman–Crippen MR) is 200 cm³/mol. The van der Waals surface area contributed by atoms with Crippen LogP contribution < -0.4 is 0 Å². The lowest BCUT2D eigenvalue weighted by Crippen LogP contribution is -2.63. The maximum Gasteiger partial charge on any atom is 0.187 e. The summed E-state index contributed by atoms with van der Waals surface area (Å²) in [7, 11) is 0. The van der Waals surface area contributed by atoms with Crippen LogP contribution >= 0.6 is 0 Å². The lowest BCUT2D eigenvalue weighted by atomic mass is 9.41. The minimum Gasteiger partial charge on any atom is -0.394 e. The maximum absolute atomic E-state index is 12.2. The summed E-state index contributed by atoms with van der Waals surface area (Å²) in [6, 6.07) is 0. The van der Waals surface area contributed by atoms with E-state index >= 15 is 0 Å². The molecule has 7 fully saturated rings. The highest BCUT2D eigenvalue weighted by Crippen LogP contribution is 2.89. The zero-order valence-corrected chi connectivity index (χ0v) is 34.0. The Morgan fingerprint density at radius 2 is 1.36 bits per heavy atom. The van der Waals surface area contributed by atoms with Crippen LogP contribution in [0.1, 0.15) is 99.3 Å². The molecule has 0 aromatic rings. The van der Waals surface area contributed by atoms with E-state index in [0.29, 0.717) is 19.3 Å². The van der Waals surface area contributed by atoms with Gasteiger partial charge in [-0.1, -0.05) is 46.3 Å². The fourth-order valence-corrected chi connectivity index (χ4v) is 14.3. The third-order valence-corrected chi connectivity index (χ3v) is 17.3. The second-order valence-electron chi connectivity index (χ2n) is 20.2. The van der Waals surface area contributed by atoms with Gasteiger partial charge in [-0.25, -0.2) is 0 Å². The molecule has 7 rings (SSSR count). The summed E-state index contributed by atoms with van der Waals surface area (Å²) < 4.78 is 23.4. The molecular formula is C42H70O14. The van der Waals surface area contributed by atoms with Crippen molar-refractivity contribution in [1.82, 2.24) is 0 Å². The minimum absolute atomic E-state index is 0.0522. The van der Waals surface area contributed by atoms with Crippen molar-refractivity contribution < 1.29 is 70.0 Å². The molecule has 14 nitrogen and oxygen atoms in total. The highest BCUT2D eigenvalue weighted by molar-refractivity contribution is 5.32. The lowest BCUT2D eigenvalue weighted by Gasteiger charge is -2.64. The van der Waals surface area contributed by atoms with Crippen LogP contribution in [0.5, 0.6) is 0 Å². The first-order valence-electron chi connectivity index (χ1n) is 21.1. The van der Waals surface area contributed by atoms with Gasteiger partial charge in [0.25, 0.3) is 0 Å². The molecule has 2 saturated heterocycles. The summed E-state index contributed by atoms with van der Waals surface area (Å²) in [5.74, 6) is 0.521. The van der Waals surface area contributed by atoms with Crippen molar-refractivity contribution in [3.8, 4) is 0 Å². The zero-order chi connectivity index (χ0) is 40.9. The van der Waals surface area contributed by atoms with Crippen molar-refractivity contribution in [2.24, 2.45) is 50.7 Å². The molecule has 0 aromatic heterocycles. The van der Waals surface area contributed by atoms with Crippen LogP contribution in [-0.2, 0) is 18.9 Å². The molecule has 2 aliphatic heterocycles. The van der Waals surface area contributed by atoms with Gasteiger partial charge < -0.3 is 70.0 Å². The van der Waals surface area contributed by atoms with Gasteiger partial charge in [0.05, 0.1) is 38.1 Å². The van der Waals surface area contributed by atoms with Crippen molar-refractivity contribution >= 4 is 0 Å². The number of aliphatic hydroxyl groups is 10. The predicted octanol–water partition coefficient (Wildman–Crippen LogP) is 0.731. The molecule has 322 valence electrons. The van der Waals surface area contributed by atoms with Crippen LogP contribution in [0.2, 0.25) is 0 Å². The third kappa shape index (κ3) is 6.42. The molecule has 56 heavy (non-hydrogen) atoms. The molecule has 5 aliphatic carbocycles. The molecule has 2 spiro atoms. The Hall–Kier alpha value is -0.820. The average molecular weight is 799 g/mol. The van der Waals surface area contributed by atoms with Crippen LogP contribution in [-0.4, -0.2) is 151 Å². The van der Waals surface area contributed by atoms with Gasteiger partial charge in [-0.3, -0.25) is 0 Å². The fourth-order valence-electron chi connectivity index (χ4n) is 14.3. The van der Waals surface area contributed by atoms with Gasteiger partial charge in [0.15, 0.2) is 12.6 Å². The Balaban J connectivity index is 1.00. The van der Waals surface area contributed by atoms with E-state index < -0.39 is 92.2 Å². The molecule has 0 aromatic carbocycles. The lowest BCUT2D eigenvalue weighted by molar-refractivity contribution is -0.329. The van der Waals surface area contributed by atoms with Crippen molar-refractivity contribution in [3.63, 3.8) is 0 Å². The highest BCUT2D eigenvalue weighted by Gasteiger charge is 2.84. The first kappa shape index (κ1) is 43.3. The van der Waals surface area contributed by atoms with Crippen molar-refractivity contribution in [3.05, 3.63) is 11.6 Å². The van der Waals surface area contributed by atoms with Gasteiger partial charge in [-0.2, -0.15) is 0 Å². The molecule has 21 unspecified atom stereocenters. The third-order valence-electron chi connectivity index (χ3n) is 17.3. The van der Waals surface area contributed by atoms with Gasteiger partial charge in [-0.05, 0) is 115 Å². The molecule has 0 radical (unpaired) electrons. The van der Waals surface area contributed by atoms with Gasteiger partial charge in [0.2, 0.25) is 0 Å². The molecule has 2 heterocycles. The van der Waals surface area contributed by atoms with Crippen molar-refractivity contribution in [1.29, 1.82) is 0 Å². The first-order chi connectivity index (χ1) is 26.2. The second-order valence-corrected chi connectivity index (χ2v) is 20.2. The van der Waals surface area contributed by atoms with Gasteiger partial charge in [-0.15, -0.1) is 0 Å². The molecule has 7 aliphatic rings. The summed E-state index contributed by atoms with van der Waals surface area (Å²) in [6.45, 7) is 12.3. The Morgan fingerprint density at radius 1 is 0.750 bits per heavy atom. The SMILES string of the molecule is CC(=CCCC(C)C1C(O)CC2(C)C3CC(O)C4C(C)(C)C(OC5OC(CO)C(O)C(O)C5O)CCC45CC35CCC12C)COC1OC(CO)C(O)C(O)C1O. The van der Waals surface area contributed by atoms with E-state index in [4.69, 9.17) is 18.9 Å². The normalized spacial score (nSPS) is 54.4. The Bertz CT molecular complexity index is 1440. The summed E-state index contributed by atoms with van der Waals surface area (Å²) in [4.78, 5) is 0. The quantitative estimate of drug-likeness (QED) is 0.103. The van der Waals surface area contributed by atoms with E-state index in [-0.39, 0.29) is 58.0 Å². The molecule has 14 heteroatoms. The van der Waals surface area contributed by atoms with E-state index in [1.54, 1.807) is 0 Å². The van der Waals surface area contributed by atoms with Gasteiger partial charge >= 0.3 is 0 Å². The van der Waals surface area contributed by atoms with Crippen molar-refractivity contribution in [2.45, 2.75) is 179 Å². The summed E-state index contributed by atoms with van der Waals surface area (Å²) in [6.07, 6.45) is -5.04. The fraction of sp³-hybridized carbons (Fsp3) is 0.952. The number of hydrogen-bond acceptors (Lipinski definition) is 14. The topological polar surface area (TPSA) is 239 Å². The van der Waals surface area contributed by atoms with Crippen molar-refractivity contribution in [2.75, 3.05) is 19.8 Å². The second kappa shape index (κ2) is 15.3. The van der Waals surface area contributed by atoms with Crippen LogP contribution in [0.4, 0.5) is 0 Å². The van der Waals surface area contributed by atoms with E-state index in [1.165, 1.54) is 0 Å². The minimum atomic E-state index is -1.52. The Kier molecular flexibility index (Phi) is 11.8. The van der Waals surface area contributed by atoms with Crippen LogP contribution in [0.25, 0.3) is 0 Å². The molecule has 21 atom stereocenters. The average Bonchev–Trinajstić information content (AvgIpc) is 3.74. The number of ether oxygens (including phenoxy) is 4.